The predicted octanol–water partition coefficient (Wildman–Crippen LogP) is 3.85. The van der Waals surface area contributed by atoms with Gasteiger partial charge in [0, 0.05) is 35.7 Å². The molecule has 0 spiro atoms. The van der Waals surface area contributed by atoms with E-state index < -0.39 is 0 Å². The smallest absolute Gasteiger partial charge is 0.274 e. The normalized spacial score (nSPS) is 14.4. The molecular weight excluding hydrogens is 326 g/mol. The molecule has 2 N–H and O–H groups in total. The van der Waals surface area contributed by atoms with Gasteiger partial charge in [0.05, 0.1) is 0 Å². The van der Waals surface area contributed by atoms with Crippen LogP contribution < -0.4 is 15.5 Å². The first-order chi connectivity index (χ1) is 12.3. The molecule has 0 atom stereocenters. The van der Waals surface area contributed by atoms with Gasteiger partial charge in [-0.2, -0.15) is 0 Å². The van der Waals surface area contributed by atoms with E-state index in [9.17, 15) is 4.79 Å². The van der Waals surface area contributed by atoms with Gasteiger partial charge in [-0.1, -0.05) is 0 Å². The van der Waals surface area contributed by atoms with Crippen LogP contribution in [0.1, 0.15) is 49.8 Å². The summed E-state index contributed by atoms with van der Waals surface area (Å²) in [6.45, 7) is 10.2. The van der Waals surface area contributed by atoms with Crippen LogP contribution in [0.3, 0.4) is 0 Å². The number of carbonyl (C=O) groups is 1. The zero-order valence-electron chi connectivity index (χ0n) is 16.0. The number of benzene rings is 1. The Bertz CT molecular complexity index is 774. The van der Waals surface area contributed by atoms with Gasteiger partial charge in [-0.3, -0.25) is 4.79 Å². The summed E-state index contributed by atoms with van der Waals surface area (Å²) in [4.78, 5) is 23.7. The van der Waals surface area contributed by atoms with Gasteiger partial charge >= 0.3 is 0 Å². The van der Waals surface area contributed by atoms with Crippen molar-refractivity contribution in [3.8, 4) is 0 Å². The van der Waals surface area contributed by atoms with Gasteiger partial charge in [0.15, 0.2) is 0 Å². The molecular formula is C20H27N5O. The van der Waals surface area contributed by atoms with Crippen molar-refractivity contribution in [2.45, 2.75) is 46.1 Å². The highest BCUT2D eigenvalue weighted by Crippen LogP contribution is 2.22. The fraction of sp³-hybridized carbons (Fsp3) is 0.450. The lowest BCUT2D eigenvalue weighted by molar-refractivity contribution is 0.102. The number of nitrogens with one attached hydrogen (secondary N) is 2. The molecule has 1 aliphatic heterocycles. The fourth-order valence-electron chi connectivity index (χ4n) is 3.00. The first-order valence-electron chi connectivity index (χ1n) is 9.10. The number of hydrogen-bond acceptors (Lipinski definition) is 5. The summed E-state index contributed by atoms with van der Waals surface area (Å²) < 4.78 is 0. The van der Waals surface area contributed by atoms with Crippen LogP contribution in [0.2, 0.25) is 0 Å². The molecule has 2 aromatic rings. The van der Waals surface area contributed by atoms with Crippen molar-refractivity contribution in [3.05, 3.63) is 41.7 Å². The van der Waals surface area contributed by atoms with Gasteiger partial charge in [-0.25, -0.2) is 9.97 Å². The quantitative estimate of drug-likeness (QED) is 0.874. The summed E-state index contributed by atoms with van der Waals surface area (Å²) in [7, 11) is 0. The zero-order valence-corrected chi connectivity index (χ0v) is 16.0. The molecule has 2 heterocycles. The standard InChI is InChI=1S/C20H27N5O/c1-14-13-17(23-19(21-14)24-20(2,3)4)18(26)22-15-7-9-16(10-8-15)25-11-5-6-12-25/h7-10,13H,5-6,11-12H2,1-4H3,(H,22,26)(H,21,23,24). The second kappa shape index (κ2) is 7.32. The van der Waals surface area contributed by atoms with Crippen LogP contribution >= 0.6 is 0 Å². The molecule has 3 rings (SSSR count). The molecule has 0 radical (unpaired) electrons. The molecule has 0 bridgehead atoms. The lowest BCUT2D eigenvalue weighted by Gasteiger charge is -2.21. The average molecular weight is 353 g/mol. The second-order valence-electron chi connectivity index (χ2n) is 7.79. The Balaban J connectivity index is 1.71. The number of amides is 1. The highest BCUT2D eigenvalue weighted by atomic mass is 16.1. The predicted molar refractivity (Wildman–Crippen MR) is 106 cm³/mol. The average Bonchev–Trinajstić information content (AvgIpc) is 3.07. The zero-order chi connectivity index (χ0) is 18.7. The lowest BCUT2D eigenvalue weighted by Crippen LogP contribution is -2.28. The highest BCUT2D eigenvalue weighted by Gasteiger charge is 2.16. The number of nitrogens with zero attached hydrogens (tertiary/aromatic N) is 3. The molecule has 6 heteroatoms. The van der Waals surface area contributed by atoms with Crippen LogP contribution in [0, 0.1) is 6.92 Å². The van der Waals surface area contributed by atoms with E-state index in [0.29, 0.717) is 11.6 Å². The van der Waals surface area contributed by atoms with Crippen LogP contribution in [-0.4, -0.2) is 34.5 Å². The van der Waals surface area contributed by atoms with E-state index in [1.165, 1.54) is 18.5 Å². The molecule has 0 saturated carbocycles. The molecule has 0 unspecified atom stereocenters. The summed E-state index contributed by atoms with van der Waals surface area (Å²) in [5.74, 6) is 0.230. The van der Waals surface area contributed by atoms with Crippen molar-refractivity contribution >= 4 is 23.2 Å². The second-order valence-corrected chi connectivity index (χ2v) is 7.79. The molecule has 1 saturated heterocycles. The van der Waals surface area contributed by atoms with Crippen LogP contribution in [0.15, 0.2) is 30.3 Å². The summed E-state index contributed by atoms with van der Waals surface area (Å²) in [6, 6.07) is 9.68. The van der Waals surface area contributed by atoms with Gasteiger partial charge in [0.1, 0.15) is 5.69 Å². The number of carbonyl (C=O) groups excluding carboxylic acids is 1. The fourth-order valence-corrected chi connectivity index (χ4v) is 3.00. The topological polar surface area (TPSA) is 70.2 Å². The molecule has 1 aliphatic rings. The maximum Gasteiger partial charge on any atom is 0.274 e. The van der Waals surface area contributed by atoms with Crippen molar-refractivity contribution < 1.29 is 4.79 Å². The number of hydrogen-bond donors (Lipinski definition) is 2. The van der Waals surface area contributed by atoms with E-state index in [2.05, 4.69) is 37.6 Å². The Hall–Kier alpha value is -2.63. The first kappa shape index (κ1) is 18.2. The molecule has 1 aromatic heterocycles. The van der Waals surface area contributed by atoms with Gasteiger partial charge in [-0.05, 0) is 70.9 Å². The Morgan fingerprint density at radius 3 is 2.35 bits per heavy atom. The molecule has 0 aliphatic carbocycles. The van der Waals surface area contributed by atoms with Crippen LogP contribution in [0.4, 0.5) is 17.3 Å². The molecule has 1 aromatic carbocycles. The minimum Gasteiger partial charge on any atom is -0.372 e. The number of anilines is 3. The van der Waals surface area contributed by atoms with E-state index in [1.54, 1.807) is 6.07 Å². The van der Waals surface area contributed by atoms with Crippen molar-refractivity contribution in [3.63, 3.8) is 0 Å². The highest BCUT2D eigenvalue weighted by molar-refractivity contribution is 6.03. The van der Waals surface area contributed by atoms with E-state index in [4.69, 9.17) is 0 Å². The van der Waals surface area contributed by atoms with Crippen molar-refractivity contribution in [2.75, 3.05) is 28.6 Å². The third-order valence-electron chi connectivity index (χ3n) is 4.17. The number of rotatable bonds is 4. The Morgan fingerprint density at radius 1 is 1.08 bits per heavy atom. The largest absolute Gasteiger partial charge is 0.372 e. The van der Waals surface area contributed by atoms with Gasteiger partial charge in [-0.15, -0.1) is 0 Å². The minimum atomic E-state index is -0.235. The summed E-state index contributed by atoms with van der Waals surface area (Å²) in [5.41, 5.74) is 2.90. The maximum atomic E-state index is 12.6. The van der Waals surface area contributed by atoms with E-state index >= 15 is 0 Å². The Labute approximate surface area is 155 Å². The van der Waals surface area contributed by atoms with E-state index in [-0.39, 0.29) is 11.4 Å². The summed E-state index contributed by atoms with van der Waals surface area (Å²) >= 11 is 0. The number of aromatic nitrogens is 2. The molecule has 1 fully saturated rings. The van der Waals surface area contributed by atoms with Gasteiger partial charge < -0.3 is 15.5 Å². The minimum absolute atomic E-state index is 0.174. The molecule has 6 nitrogen and oxygen atoms in total. The van der Waals surface area contributed by atoms with Crippen molar-refractivity contribution in [1.29, 1.82) is 0 Å². The molecule has 138 valence electrons. The third-order valence-corrected chi connectivity index (χ3v) is 4.17. The third kappa shape index (κ3) is 4.71. The monoisotopic (exact) mass is 353 g/mol. The van der Waals surface area contributed by atoms with Crippen molar-refractivity contribution in [1.82, 2.24) is 9.97 Å². The SMILES string of the molecule is Cc1cc(C(=O)Nc2ccc(N3CCCC3)cc2)nc(NC(C)(C)C)n1. The van der Waals surface area contributed by atoms with Crippen LogP contribution in [-0.2, 0) is 0 Å². The Kier molecular flexibility index (Phi) is 5.11. The Morgan fingerprint density at radius 2 is 1.73 bits per heavy atom. The summed E-state index contributed by atoms with van der Waals surface area (Å²) in [5, 5.41) is 6.13. The van der Waals surface area contributed by atoms with Crippen molar-refractivity contribution in [2.24, 2.45) is 0 Å². The van der Waals surface area contributed by atoms with E-state index in [1.807, 2.05) is 39.8 Å². The lowest BCUT2D eigenvalue weighted by atomic mass is 10.1. The number of aryl methyl sites for hydroxylation is 1. The first-order valence-corrected chi connectivity index (χ1v) is 9.10. The van der Waals surface area contributed by atoms with Gasteiger partial charge in [0.25, 0.3) is 5.91 Å². The summed E-state index contributed by atoms with van der Waals surface area (Å²) in [6.07, 6.45) is 2.49. The van der Waals surface area contributed by atoms with Crippen LogP contribution in [0.25, 0.3) is 0 Å². The van der Waals surface area contributed by atoms with E-state index in [0.717, 1.165) is 24.5 Å². The maximum absolute atomic E-state index is 12.6. The molecule has 1 amide bonds. The molecule has 26 heavy (non-hydrogen) atoms. The van der Waals surface area contributed by atoms with Gasteiger partial charge in [0.2, 0.25) is 5.95 Å². The van der Waals surface area contributed by atoms with Crippen LogP contribution in [0.5, 0.6) is 0 Å².